The molecule has 0 rings (SSSR count). The minimum Gasteiger partial charge on any atom is -0.390 e. The highest BCUT2D eigenvalue weighted by molar-refractivity contribution is 5.57. The summed E-state index contributed by atoms with van der Waals surface area (Å²) in [6, 6.07) is 0. The van der Waals surface area contributed by atoms with Crippen LogP contribution < -0.4 is 0 Å². The molecule has 0 aliphatic rings. The van der Waals surface area contributed by atoms with Crippen molar-refractivity contribution in [3.05, 3.63) is 0 Å². The van der Waals surface area contributed by atoms with E-state index in [1.807, 2.05) is 6.92 Å². The SMILES string of the molecule is CC(C)CC(C)(O)C(C)C=N. The van der Waals surface area contributed by atoms with Gasteiger partial charge in [-0.3, -0.25) is 0 Å². The Balaban J connectivity index is 4.08. The Morgan fingerprint density at radius 1 is 1.45 bits per heavy atom. The van der Waals surface area contributed by atoms with Gasteiger partial charge in [-0.25, -0.2) is 0 Å². The van der Waals surface area contributed by atoms with E-state index in [9.17, 15) is 5.11 Å². The fourth-order valence-electron chi connectivity index (χ4n) is 1.19. The highest BCUT2D eigenvalue weighted by Gasteiger charge is 2.27. The molecule has 0 heterocycles. The van der Waals surface area contributed by atoms with Gasteiger partial charge in [-0.2, -0.15) is 0 Å². The van der Waals surface area contributed by atoms with Gasteiger partial charge in [0, 0.05) is 12.1 Å². The van der Waals surface area contributed by atoms with Crippen LogP contribution in [0.15, 0.2) is 0 Å². The number of hydrogen-bond donors (Lipinski definition) is 2. The van der Waals surface area contributed by atoms with E-state index in [0.29, 0.717) is 5.92 Å². The Hall–Kier alpha value is -0.370. The maximum atomic E-state index is 9.80. The van der Waals surface area contributed by atoms with Crippen LogP contribution in [0.4, 0.5) is 0 Å². The van der Waals surface area contributed by atoms with Crippen molar-refractivity contribution in [1.29, 1.82) is 5.41 Å². The van der Waals surface area contributed by atoms with E-state index in [4.69, 9.17) is 5.41 Å². The molecule has 0 fully saturated rings. The van der Waals surface area contributed by atoms with Crippen molar-refractivity contribution < 1.29 is 5.11 Å². The molecule has 0 aromatic carbocycles. The van der Waals surface area contributed by atoms with Crippen LogP contribution in [-0.4, -0.2) is 16.9 Å². The zero-order valence-corrected chi connectivity index (χ0v) is 7.89. The van der Waals surface area contributed by atoms with E-state index in [-0.39, 0.29) is 5.92 Å². The molecule has 0 aromatic heterocycles. The highest BCUT2D eigenvalue weighted by Crippen LogP contribution is 2.23. The minimum absolute atomic E-state index is 0.0510. The van der Waals surface area contributed by atoms with Crippen molar-refractivity contribution in [2.24, 2.45) is 11.8 Å². The summed E-state index contributed by atoms with van der Waals surface area (Å²) < 4.78 is 0. The molecule has 2 N–H and O–H groups in total. The largest absolute Gasteiger partial charge is 0.390 e. The van der Waals surface area contributed by atoms with Gasteiger partial charge in [-0.05, 0) is 19.3 Å². The Kier molecular flexibility index (Phi) is 3.73. The van der Waals surface area contributed by atoms with Crippen molar-refractivity contribution in [3.8, 4) is 0 Å². The summed E-state index contributed by atoms with van der Waals surface area (Å²) >= 11 is 0. The van der Waals surface area contributed by atoms with Gasteiger partial charge < -0.3 is 10.5 Å². The average molecular weight is 157 g/mol. The zero-order chi connectivity index (χ0) is 9.07. The quantitative estimate of drug-likeness (QED) is 0.603. The van der Waals surface area contributed by atoms with Crippen molar-refractivity contribution >= 4 is 6.21 Å². The first-order valence-corrected chi connectivity index (χ1v) is 4.13. The monoisotopic (exact) mass is 157 g/mol. The van der Waals surface area contributed by atoms with Gasteiger partial charge in [0.1, 0.15) is 0 Å². The van der Waals surface area contributed by atoms with Crippen LogP contribution in [0.25, 0.3) is 0 Å². The van der Waals surface area contributed by atoms with Gasteiger partial charge in [0.25, 0.3) is 0 Å². The minimum atomic E-state index is -0.712. The van der Waals surface area contributed by atoms with Crippen molar-refractivity contribution in [1.82, 2.24) is 0 Å². The molecule has 0 aromatic rings. The molecule has 0 amide bonds. The molecule has 66 valence electrons. The summed E-state index contributed by atoms with van der Waals surface area (Å²) in [5.74, 6) is 0.428. The van der Waals surface area contributed by atoms with Crippen LogP contribution in [0.1, 0.15) is 34.1 Å². The number of aliphatic hydroxyl groups is 1. The van der Waals surface area contributed by atoms with Crippen molar-refractivity contribution in [2.75, 3.05) is 0 Å². The number of hydrogen-bond acceptors (Lipinski definition) is 2. The van der Waals surface area contributed by atoms with E-state index in [1.54, 1.807) is 6.92 Å². The average Bonchev–Trinajstić information content (AvgIpc) is 1.83. The summed E-state index contributed by atoms with van der Waals surface area (Å²) in [6.07, 6.45) is 2.06. The molecule has 2 heteroatoms. The van der Waals surface area contributed by atoms with Crippen LogP contribution in [0.3, 0.4) is 0 Å². The second kappa shape index (κ2) is 3.86. The van der Waals surface area contributed by atoms with Crippen LogP contribution in [0.5, 0.6) is 0 Å². The summed E-state index contributed by atoms with van der Waals surface area (Å²) in [5, 5.41) is 16.8. The van der Waals surface area contributed by atoms with Crippen LogP contribution >= 0.6 is 0 Å². The molecule has 2 unspecified atom stereocenters. The number of nitrogens with one attached hydrogen (secondary N) is 1. The Labute approximate surface area is 69.1 Å². The first-order valence-electron chi connectivity index (χ1n) is 4.13. The van der Waals surface area contributed by atoms with Crippen LogP contribution in [0.2, 0.25) is 0 Å². The van der Waals surface area contributed by atoms with Gasteiger partial charge >= 0.3 is 0 Å². The normalized spacial score (nSPS) is 19.5. The second-order valence-electron chi connectivity index (χ2n) is 3.91. The maximum Gasteiger partial charge on any atom is 0.0696 e. The van der Waals surface area contributed by atoms with Crippen LogP contribution in [-0.2, 0) is 0 Å². The molecule has 2 nitrogen and oxygen atoms in total. The van der Waals surface area contributed by atoms with E-state index >= 15 is 0 Å². The van der Waals surface area contributed by atoms with E-state index in [2.05, 4.69) is 13.8 Å². The van der Waals surface area contributed by atoms with Crippen molar-refractivity contribution in [3.63, 3.8) is 0 Å². The lowest BCUT2D eigenvalue weighted by atomic mass is 9.84. The summed E-state index contributed by atoms with van der Waals surface area (Å²) in [4.78, 5) is 0. The Morgan fingerprint density at radius 3 is 2.18 bits per heavy atom. The first kappa shape index (κ1) is 10.6. The molecule has 0 bridgehead atoms. The first-order chi connectivity index (χ1) is 4.90. The molecule has 2 atom stereocenters. The topological polar surface area (TPSA) is 44.1 Å². The second-order valence-corrected chi connectivity index (χ2v) is 3.91. The van der Waals surface area contributed by atoms with Gasteiger partial charge in [0.15, 0.2) is 0 Å². The predicted molar refractivity (Wildman–Crippen MR) is 48.0 cm³/mol. The van der Waals surface area contributed by atoms with Gasteiger partial charge in [-0.15, -0.1) is 0 Å². The molecular weight excluding hydrogens is 138 g/mol. The smallest absolute Gasteiger partial charge is 0.0696 e. The maximum absolute atomic E-state index is 9.80. The Morgan fingerprint density at radius 2 is 1.91 bits per heavy atom. The van der Waals surface area contributed by atoms with E-state index in [1.165, 1.54) is 6.21 Å². The number of rotatable bonds is 4. The fourth-order valence-corrected chi connectivity index (χ4v) is 1.19. The summed E-state index contributed by atoms with van der Waals surface area (Å²) in [6.45, 7) is 7.81. The van der Waals surface area contributed by atoms with Crippen molar-refractivity contribution in [2.45, 2.75) is 39.7 Å². The van der Waals surface area contributed by atoms with E-state index in [0.717, 1.165) is 6.42 Å². The molecule has 11 heavy (non-hydrogen) atoms. The van der Waals surface area contributed by atoms with Crippen LogP contribution in [0, 0.1) is 17.2 Å². The fraction of sp³-hybridized carbons (Fsp3) is 0.889. The van der Waals surface area contributed by atoms with E-state index < -0.39 is 5.60 Å². The predicted octanol–water partition coefficient (Wildman–Crippen LogP) is 2.07. The molecule has 0 spiro atoms. The lowest BCUT2D eigenvalue weighted by Crippen LogP contribution is -2.34. The summed E-state index contributed by atoms with van der Waals surface area (Å²) in [7, 11) is 0. The zero-order valence-electron chi connectivity index (χ0n) is 7.89. The third-order valence-electron chi connectivity index (χ3n) is 2.05. The molecule has 0 aliphatic carbocycles. The molecular formula is C9H19NO. The molecule has 0 saturated carbocycles. The lowest BCUT2D eigenvalue weighted by molar-refractivity contribution is 0.0129. The third-order valence-corrected chi connectivity index (χ3v) is 2.05. The van der Waals surface area contributed by atoms with Gasteiger partial charge in [-0.1, -0.05) is 20.8 Å². The van der Waals surface area contributed by atoms with Gasteiger partial charge in [0.2, 0.25) is 0 Å². The summed E-state index contributed by atoms with van der Waals surface area (Å²) in [5.41, 5.74) is -0.712. The highest BCUT2D eigenvalue weighted by atomic mass is 16.3. The third kappa shape index (κ3) is 3.51. The Bertz CT molecular complexity index is 130. The molecule has 0 aliphatic heterocycles. The molecule has 0 radical (unpaired) electrons. The standard InChI is InChI=1S/C9H19NO/c1-7(2)5-9(4,11)8(3)6-10/h6-8,10-11H,5H2,1-4H3. The lowest BCUT2D eigenvalue weighted by Gasteiger charge is -2.29. The van der Waals surface area contributed by atoms with Gasteiger partial charge in [0.05, 0.1) is 5.60 Å². The molecule has 0 saturated heterocycles.